The van der Waals surface area contributed by atoms with E-state index in [1.807, 2.05) is 30.3 Å². The lowest BCUT2D eigenvalue weighted by molar-refractivity contribution is -0.166. The first kappa shape index (κ1) is 19.3. The second kappa shape index (κ2) is 8.94. The van der Waals surface area contributed by atoms with Crippen LogP contribution in [0.25, 0.3) is 0 Å². The zero-order chi connectivity index (χ0) is 19.2. The molecule has 0 aliphatic carbocycles. The Morgan fingerprint density at radius 2 is 2.07 bits per heavy atom. The fourth-order valence-electron chi connectivity index (χ4n) is 2.85. The molecule has 1 amide bonds. The molecule has 0 saturated carbocycles. The largest absolute Gasteiger partial charge is 0.472 e. The van der Waals surface area contributed by atoms with Crippen LogP contribution in [0.5, 0.6) is 0 Å². The van der Waals surface area contributed by atoms with Gasteiger partial charge in [-0.1, -0.05) is 30.3 Å². The van der Waals surface area contributed by atoms with Gasteiger partial charge >= 0.3 is 11.9 Å². The maximum atomic E-state index is 12.6. The standard InChI is InChI=1S/C19H21NO6S/c1-2-24-17(22)12-27-9-8-14-18(20-15(21)10-16(20)26-14)19(23)25-11-13-6-4-3-5-7-13/h3-8,16,18H,2,9-12H2,1H3/t16?,18-/m1/s1. The Bertz CT molecular complexity index is 735. The van der Waals surface area contributed by atoms with Crippen molar-refractivity contribution >= 4 is 29.6 Å². The van der Waals surface area contributed by atoms with Gasteiger partial charge in [0.25, 0.3) is 0 Å². The second-order valence-electron chi connectivity index (χ2n) is 6.00. The molecule has 27 heavy (non-hydrogen) atoms. The number of β-lactam (4-membered cyclic amide) rings is 1. The Hall–Kier alpha value is -2.48. The Balaban J connectivity index is 1.59. The highest BCUT2D eigenvalue weighted by Crippen LogP contribution is 2.37. The molecule has 0 bridgehead atoms. The number of hydrogen-bond acceptors (Lipinski definition) is 7. The fourth-order valence-corrected chi connectivity index (χ4v) is 3.50. The summed E-state index contributed by atoms with van der Waals surface area (Å²) >= 11 is 1.35. The van der Waals surface area contributed by atoms with Crippen LogP contribution in [0.15, 0.2) is 42.2 Å². The zero-order valence-corrected chi connectivity index (χ0v) is 15.8. The van der Waals surface area contributed by atoms with Crippen molar-refractivity contribution in [3.8, 4) is 0 Å². The van der Waals surface area contributed by atoms with Crippen LogP contribution in [-0.4, -0.2) is 53.1 Å². The van der Waals surface area contributed by atoms with E-state index in [1.165, 1.54) is 16.7 Å². The SMILES string of the molecule is CCOC(=O)CSCC=C1OC2CC(=O)N2[C@H]1C(=O)OCc1ccccc1. The Morgan fingerprint density at radius 3 is 2.78 bits per heavy atom. The van der Waals surface area contributed by atoms with Crippen LogP contribution in [0.4, 0.5) is 0 Å². The van der Waals surface area contributed by atoms with Gasteiger partial charge in [0, 0.05) is 5.75 Å². The minimum absolute atomic E-state index is 0.133. The number of benzene rings is 1. The summed E-state index contributed by atoms with van der Waals surface area (Å²) in [6, 6.07) is 8.47. The van der Waals surface area contributed by atoms with Gasteiger partial charge in [0.05, 0.1) is 18.8 Å². The average molecular weight is 391 g/mol. The topological polar surface area (TPSA) is 82.1 Å². The van der Waals surface area contributed by atoms with Gasteiger partial charge in [-0.2, -0.15) is 0 Å². The Kier molecular flexibility index (Phi) is 6.39. The van der Waals surface area contributed by atoms with Crippen molar-refractivity contribution in [2.75, 3.05) is 18.1 Å². The molecule has 0 N–H and O–H groups in total. The number of nitrogens with zero attached hydrogens (tertiary/aromatic N) is 1. The first-order chi connectivity index (χ1) is 13.1. The summed E-state index contributed by atoms with van der Waals surface area (Å²) < 4.78 is 16.0. The van der Waals surface area contributed by atoms with E-state index >= 15 is 0 Å². The van der Waals surface area contributed by atoms with Crippen LogP contribution in [-0.2, 0) is 35.2 Å². The van der Waals surface area contributed by atoms with E-state index in [9.17, 15) is 14.4 Å². The summed E-state index contributed by atoms with van der Waals surface area (Å²) in [6.45, 7) is 2.23. The van der Waals surface area contributed by atoms with Crippen LogP contribution in [0.3, 0.4) is 0 Å². The van der Waals surface area contributed by atoms with Crippen LogP contribution >= 0.6 is 11.8 Å². The Morgan fingerprint density at radius 1 is 1.30 bits per heavy atom. The normalized spacial score (nSPS) is 22.0. The van der Waals surface area contributed by atoms with E-state index < -0.39 is 18.2 Å². The van der Waals surface area contributed by atoms with Crippen molar-refractivity contribution in [2.45, 2.75) is 32.2 Å². The third-order valence-electron chi connectivity index (χ3n) is 4.14. The summed E-state index contributed by atoms with van der Waals surface area (Å²) in [7, 11) is 0. The molecule has 2 atom stereocenters. The third kappa shape index (κ3) is 4.63. The predicted molar refractivity (Wildman–Crippen MR) is 98.4 cm³/mol. The predicted octanol–water partition coefficient (Wildman–Crippen LogP) is 1.87. The molecule has 2 heterocycles. The molecule has 2 aliphatic heterocycles. The first-order valence-corrected chi connectivity index (χ1v) is 9.87. The van der Waals surface area contributed by atoms with Crippen LogP contribution < -0.4 is 0 Å². The van der Waals surface area contributed by atoms with Gasteiger partial charge in [-0.25, -0.2) is 4.79 Å². The summed E-state index contributed by atoms with van der Waals surface area (Å²) in [5, 5.41) is 0. The molecule has 144 valence electrons. The van der Waals surface area contributed by atoms with E-state index in [0.29, 0.717) is 18.1 Å². The molecule has 7 nitrogen and oxygen atoms in total. The third-order valence-corrected chi connectivity index (χ3v) is 4.98. The van der Waals surface area contributed by atoms with E-state index in [1.54, 1.807) is 13.0 Å². The molecular formula is C19H21NO6S. The number of carbonyl (C=O) groups excluding carboxylic acids is 3. The van der Waals surface area contributed by atoms with E-state index in [-0.39, 0.29) is 30.7 Å². The Labute approximate surface area is 161 Å². The molecule has 2 aliphatic rings. The molecule has 1 aromatic rings. The van der Waals surface area contributed by atoms with Gasteiger partial charge in [0.1, 0.15) is 12.4 Å². The lowest BCUT2D eigenvalue weighted by Crippen LogP contribution is -2.55. The van der Waals surface area contributed by atoms with Gasteiger partial charge in [-0.3, -0.25) is 14.5 Å². The van der Waals surface area contributed by atoms with Crippen LogP contribution in [0.1, 0.15) is 18.9 Å². The number of amides is 1. The van der Waals surface area contributed by atoms with Gasteiger partial charge in [-0.15, -0.1) is 11.8 Å². The van der Waals surface area contributed by atoms with Gasteiger partial charge in [0.15, 0.2) is 12.3 Å². The second-order valence-corrected chi connectivity index (χ2v) is 7.03. The highest BCUT2D eigenvalue weighted by atomic mass is 32.2. The maximum absolute atomic E-state index is 12.6. The number of hydrogen-bond donors (Lipinski definition) is 0. The zero-order valence-electron chi connectivity index (χ0n) is 15.0. The molecule has 1 aromatic carbocycles. The highest BCUT2D eigenvalue weighted by molar-refractivity contribution is 8.00. The van der Waals surface area contributed by atoms with Crippen molar-refractivity contribution in [3.63, 3.8) is 0 Å². The van der Waals surface area contributed by atoms with E-state index in [2.05, 4.69) is 0 Å². The summed E-state index contributed by atoms with van der Waals surface area (Å²) in [4.78, 5) is 37.2. The molecule has 0 aromatic heterocycles. The summed E-state index contributed by atoms with van der Waals surface area (Å²) in [6.07, 6.45) is 1.58. The van der Waals surface area contributed by atoms with Crippen molar-refractivity contribution in [2.24, 2.45) is 0 Å². The number of fused-ring (bicyclic) bond motifs is 1. The van der Waals surface area contributed by atoms with E-state index in [0.717, 1.165) is 5.56 Å². The number of ether oxygens (including phenoxy) is 3. The summed E-state index contributed by atoms with van der Waals surface area (Å²) in [5.74, 6) is 0.143. The van der Waals surface area contributed by atoms with Crippen molar-refractivity contribution in [1.82, 2.24) is 4.90 Å². The molecule has 2 fully saturated rings. The lowest BCUT2D eigenvalue weighted by Gasteiger charge is -2.33. The minimum atomic E-state index is -0.858. The molecular weight excluding hydrogens is 370 g/mol. The highest BCUT2D eigenvalue weighted by Gasteiger charge is 2.54. The molecule has 0 spiro atoms. The average Bonchev–Trinajstić information content (AvgIpc) is 2.96. The fraction of sp³-hybridized carbons (Fsp3) is 0.421. The number of esters is 2. The molecule has 0 radical (unpaired) electrons. The number of carbonyl (C=O) groups is 3. The number of rotatable bonds is 8. The molecule has 2 saturated heterocycles. The molecule has 8 heteroatoms. The quantitative estimate of drug-likeness (QED) is 0.380. The number of thioether (sulfide) groups is 1. The van der Waals surface area contributed by atoms with E-state index in [4.69, 9.17) is 14.2 Å². The van der Waals surface area contributed by atoms with Crippen molar-refractivity contribution in [1.29, 1.82) is 0 Å². The van der Waals surface area contributed by atoms with Crippen molar-refractivity contribution < 1.29 is 28.6 Å². The van der Waals surface area contributed by atoms with Gasteiger partial charge in [-0.05, 0) is 18.6 Å². The minimum Gasteiger partial charge on any atom is -0.472 e. The maximum Gasteiger partial charge on any atom is 0.337 e. The van der Waals surface area contributed by atoms with Gasteiger partial charge in [0.2, 0.25) is 5.91 Å². The molecule has 3 rings (SSSR count). The summed E-state index contributed by atoms with van der Waals surface area (Å²) in [5.41, 5.74) is 0.867. The monoisotopic (exact) mass is 391 g/mol. The van der Waals surface area contributed by atoms with Crippen molar-refractivity contribution in [3.05, 3.63) is 47.7 Å². The lowest BCUT2D eigenvalue weighted by atomic mass is 10.1. The van der Waals surface area contributed by atoms with Gasteiger partial charge < -0.3 is 14.2 Å². The van der Waals surface area contributed by atoms with Crippen LogP contribution in [0, 0.1) is 0 Å². The molecule has 1 unspecified atom stereocenters. The first-order valence-electron chi connectivity index (χ1n) is 8.72. The van der Waals surface area contributed by atoms with Crippen LogP contribution in [0.2, 0.25) is 0 Å². The smallest absolute Gasteiger partial charge is 0.337 e.